The van der Waals surface area contributed by atoms with Crippen LogP contribution in [0, 0.1) is 17.5 Å². The smallest absolute Gasteiger partial charge is 0.194 e. The summed E-state index contributed by atoms with van der Waals surface area (Å²) in [4.78, 5) is 0.869. The topological polar surface area (TPSA) is 97.0 Å². The molecule has 2 aromatic rings. The average Bonchev–Trinajstić information content (AvgIpc) is 2.80. The Morgan fingerprint density at radius 2 is 1.82 bits per heavy atom. The van der Waals surface area contributed by atoms with Gasteiger partial charge in [-0.25, -0.2) is 13.2 Å². The van der Waals surface area contributed by atoms with Gasteiger partial charge in [0.2, 0.25) is 0 Å². The molecule has 0 bridgehead atoms. The summed E-state index contributed by atoms with van der Waals surface area (Å²) in [6, 6.07) is 9.05. The minimum absolute atomic E-state index is 0.0282. The van der Waals surface area contributed by atoms with Crippen LogP contribution in [-0.4, -0.2) is 47.3 Å². The van der Waals surface area contributed by atoms with E-state index in [1.54, 1.807) is 0 Å². The molecule has 1 aliphatic heterocycles. The number of ether oxygens (including phenoxy) is 2. The van der Waals surface area contributed by atoms with Gasteiger partial charge < -0.3 is 30.7 Å². The van der Waals surface area contributed by atoms with Gasteiger partial charge in [0.25, 0.3) is 0 Å². The Kier molecular flexibility index (Phi) is 11.0. The van der Waals surface area contributed by atoms with Crippen LogP contribution in [0.3, 0.4) is 0 Å². The Balaban J connectivity index is 0.00000187. The summed E-state index contributed by atoms with van der Waals surface area (Å²) in [5.74, 6) is -4.27. The van der Waals surface area contributed by atoms with Crippen LogP contribution < -0.4 is 11.1 Å². The number of thioether (sulfide) groups is 1. The van der Waals surface area contributed by atoms with Gasteiger partial charge >= 0.3 is 0 Å². The van der Waals surface area contributed by atoms with Crippen LogP contribution in [0.25, 0.3) is 5.70 Å². The molecule has 3 unspecified atom stereocenters. The molecule has 4 atom stereocenters. The molecular formula is C22H26BrF3N2O4S. The maximum atomic E-state index is 13.4. The fraction of sp³-hybridized carbons (Fsp3) is 0.364. The lowest BCUT2D eigenvalue weighted by Gasteiger charge is -2.38. The lowest BCUT2D eigenvalue weighted by Crippen LogP contribution is -2.52. The first-order valence-corrected chi connectivity index (χ1v) is 11.8. The van der Waals surface area contributed by atoms with E-state index >= 15 is 0 Å². The molecule has 0 amide bonds. The third kappa shape index (κ3) is 7.62. The molecule has 1 saturated heterocycles. The number of nitrogens with one attached hydrogen (secondary N) is 1. The van der Waals surface area contributed by atoms with Crippen LogP contribution in [0.5, 0.6) is 0 Å². The van der Waals surface area contributed by atoms with E-state index in [0.717, 1.165) is 21.5 Å². The van der Waals surface area contributed by atoms with Gasteiger partial charge in [-0.05, 0) is 30.3 Å². The molecule has 0 saturated carbocycles. The summed E-state index contributed by atoms with van der Waals surface area (Å²) < 4.78 is 52.2. The van der Waals surface area contributed by atoms with E-state index in [0.29, 0.717) is 0 Å². The monoisotopic (exact) mass is 550 g/mol. The number of hydrogen-bond donors (Lipinski definition) is 4. The van der Waals surface area contributed by atoms with Crippen LogP contribution >= 0.6 is 27.7 Å². The molecule has 0 spiro atoms. The fourth-order valence-electron chi connectivity index (χ4n) is 2.80. The van der Waals surface area contributed by atoms with E-state index in [4.69, 9.17) is 15.2 Å². The summed E-state index contributed by atoms with van der Waals surface area (Å²) in [6.45, 7) is 3.69. The van der Waals surface area contributed by atoms with Crippen molar-refractivity contribution in [1.82, 2.24) is 5.32 Å². The molecule has 6 nitrogen and oxygen atoms in total. The summed E-state index contributed by atoms with van der Waals surface area (Å²) in [5.41, 5.74) is 5.17. The van der Waals surface area contributed by atoms with Crippen molar-refractivity contribution in [2.75, 3.05) is 13.2 Å². The second kappa shape index (κ2) is 13.2. The number of nitrogens with two attached hydrogens (primary N) is 1. The summed E-state index contributed by atoms with van der Waals surface area (Å²) in [6.07, 6.45) is -1.61. The third-order valence-electron chi connectivity index (χ3n) is 4.37. The van der Waals surface area contributed by atoms with E-state index in [9.17, 15) is 23.4 Å². The van der Waals surface area contributed by atoms with Crippen LogP contribution in [-0.2, 0) is 9.47 Å². The molecule has 182 valence electrons. The van der Waals surface area contributed by atoms with Gasteiger partial charge in [-0.2, -0.15) is 0 Å². The molecule has 11 heteroatoms. The third-order valence-corrected chi connectivity index (χ3v) is 6.03. The standard InChI is InChI=1S/C20H20BrF3N2O4S.C2H6/c21-11-2-1-3-12(6-11)31-20-16(29-19(28)17(9-27)30-20)8-26-7-15(25)10-4-13(22)18(24)14(23)5-10;1-2/h1-7,16-17,19-20,26-28H,8-9,25H2;1-2H3/b15-7-;/t16-,17?,19?,20?;/m0./s1. The molecule has 1 aliphatic rings. The zero-order valence-corrected chi connectivity index (χ0v) is 20.4. The van der Waals surface area contributed by atoms with Crippen molar-refractivity contribution >= 4 is 33.4 Å². The number of benzene rings is 2. The summed E-state index contributed by atoms with van der Waals surface area (Å²) in [7, 11) is 0. The number of aliphatic hydroxyl groups excluding tert-OH is 2. The van der Waals surface area contributed by atoms with Crippen molar-refractivity contribution in [2.24, 2.45) is 5.73 Å². The SMILES string of the molecule is CC.N/C(=C\NC[C@@H]1OC(O)C(CO)OC1Sc1cccc(Br)c1)c1cc(F)c(F)c(F)c1. The highest BCUT2D eigenvalue weighted by atomic mass is 79.9. The van der Waals surface area contributed by atoms with Crippen molar-refractivity contribution in [3.05, 3.63) is 70.1 Å². The molecule has 2 aromatic carbocycles. The van der Waals surface area contributed by atoms with Gasteiger partial charge in [-0.15, -0.1) is 0 Å². The predicted molar refractivity (Wildman–Crippen MR) is 124 cm³/mol. The quantitative estimate of drug-likeness (QED) is 0.387. The van der Waals surface area contributed by atoms with Crippen molar-refractivity contribution in [1.29, 1.82) is 0 Å². The van der Waals surface area contributed by atoms with Gasteiger partial charge in [0.1, 0.15) is 17.6 Å². The molecule has 33 heavy (non-hydrogen) atoms. The Hall–Kier alpha value is -1.76. The Morgan fingerprint density at radius 1 is 1.15 bits per heavy atom. The summed E-state index contributed by atoms with van der Waals surface area (Å²) >= 11 is 4.73. The highest BCUT2D eigenvalue weighted by Gasteiger charge is 2.38. The van der Waals surface area contributed by atoms with E-state index in [-0.39, 0.29) is 17.8 Å². The number of aliphatic hydroxyl groups is 2. The van der Waals surface area contributed by atoms with E-state index in [1.165, 1.54) is 18.0 Å². The number of hydrogen-bond acceptors (Lipinski definition) is 7. The Labute approximate surface area is 203 Å². The fourth-order valence-corrected chi connectivity index (χ4v) is 4.49. The Bertz CT molecular complexity index is 931. The normalized spacial score (nSPS) is 23.0. The highest BCUT2D eigenvalue weighted by molar-refractivity contribution is 9.10. The van der Waals surface area contributed by atoms with E-state index in [2.05, 4.69) is 21.2 Å². The van der Waals surface area contributed by atoms with Gasteiger partial charge in [0, 0.05) is 27.7 Å². The molecule has 5 N–H and O–H groups in total. The molecular weight excluding hydrogens is 525 g/mol. The predicted octanol–water partition coefficient (Wildman–Crippen LogP) is 3.95. The number of rotatable bonds is 7. The van der Waals surface area contributed by atoms with Gasteiger partial charge in [0.05, 0.1) is 12.3 Å². The Morgan fingerprint density at radius 3 is 2.42 bits per heavy atom. The van der Waals surface area contributed by atoms with Crippen molar-refractivity contribution in [2.45, 2.75) is 42.7 Å². The van der Waals surface area contributed by atoms with Crippen LogP contribution in [0.1, 0.15) is 19.4 Å². The first-order valence-electron chi connectivity index (χ1n) is 10.1. The molecule has 0 aromatic heterocycles. The molecule has 1 fully saturated rings. The molecule has 1 heterocycles. The first kappa shape index (κ1) is 27.5. The highest BCUT2D eigenvalue weighted by Crippen LogP contribution is 2.33. The maximum Gasteiger partial charge on any atom is 0.194 e. The van der Waals surface area contributed by atoms with Gasteiger partial charge in [-0.3, -0.25) is 0 Å². The van der Waals surface area contributed by atoms with Crippen LogP contribution in [0.4, 0.5) is 13.2 Å². The minimum Gasteiger partial charge on any atom is -0.397 e. The van der Waals surface area contributed by atoms with Crippen LogP contribution in [0.15, 0.2) is 52.0 Å². The largest absolute Gasteiger partial charge is 0.397 e. The van der Waals surface area contributed by atoms with Crippen molar-refractivity contribution in [3.63, 3.8) is 0 Å². The van der Waals surface area contributed by atoms with Crippen molar-refractivity contribution < 1.29 is 32.9 Å². The zero-order valence-electron chi connectivity index (χ0n) is 18.0. The first-order chi connectivity index (χ1) is 15.8. The molecule has 0 radical (unpaired) electrons. The molecule has 0 aliphatic carbocycles. The average molecular weight is 551 g/mol. The number of halogens is 4. The summed E-state index contributed by atoms with van der Waals surface area (Å²) in [5, 5.41) is 22.3. The van der Waals surface area contributed by atoms with Crippen LogP contribution in [0.2, 0.25) is 0 Å². The second-order valence-corrected chi connectivity index (χ2v) is 8.72. The minimum atomic E-state index is -1.57. The zero-order chi connectivity index (χ0) is 24.5. The maximum absolute atomic E-state index is 13.4. The van der Waals surface area contributed by atoms with E-state index in [1.807, 2.05) is 38.1 Å². The molecule has 3 rings (SSSR count). The lowest BCUT2D eigenvalue weighted by atomic mass is 10.1. The lowest BCUT2D eigenvalue weighted by molar-refractivity contribution is -0.270. The van der Waals surface area contributed by atoms with Gasteiger partial charge in [-0.1, -0.05) is 47.6 Å². The second-order valence-electron chi connectivity index (χ2n) is 6.63. The van der Waals surface area contributed by atoms with E-state index < -0.39 is 48.0 Å². The van der Waals surface area contributed by atoms with Crippen molar-refractivity contribution in [3.8, 4) is 0 Å². The van der Waals surface area contributed by atoms with Gasteiger partial charge in [0.15, 0.2) is 23.7 Å².